The molecular weight excluding hydrogens is 238 g/mol. The second-order valence-electron chi connectivity index (χ2n) is 5.69. The molecule has 0 saturated carbocycles. The standard InChI is InChI=1S/C16H23NO2/c1-11-8-12(2)15(13(3)9-11)16(19)17-6-4-14(10-17)5-7-18/h8-9,14,18H,4-7,10H2,1-3H3. The predicted octanol–water partition coefficient (Wildman–Crippen LogP) is 2.46. The maximum atomic E-state index is 12.6. The highest BCUT2D eigenvalue weighted by Gasteiger charge is 2.28. The molecule has 1 amide bonds. The molecule has 0 aromatic heterocycles. The van der Waals surface area contributed by atoms with Crippen molar-refractivity contribution in [3.05, 3.63) is 34.4 Å². The van der Waals surface area contributed by atoms with E-state index in [1.165, 1.54) is 5.56 Å². The fourth-order valence-corrected chi connectivity index (χ4v) is 3.11. The van der Waals surface area contributed by atoms with Crippen LogP contribution < -0.4 is 0 Å². The number of likely N-dealkylation sites (tertiary alicyclic amines) is 1. The fraction of sp³-hybridized carbons (Fsp3) is 0.562. The van der Waals surface area contributed by atoms with Gasteiger partial charge in [0.05, 0.1) is 0 Å². The maximum Gasteiger partial charge on any atom is 0.254 e. The Morgan fingerprint density at radius 3 is 2.53 bits per heavy atom. The predicted molar refractivity (Wildman–Crippen MR) is 76.4 cm³/mol. The number of carbonyl (C=O) groups excluding carboxylic acids is 1. The number of aliphatic hydroxyl groups excluding tert-OH is 1. The molecule has 1 fully saturated rings. The summed E-state index contributed by atoms with van der Waals surface area (Å²) in [6.45, 7) is 7.89. The van der Waals surface area contributed by atoms with Gasteiger partial charge in [-0.3, -0.25) is 4.79 Å². The van der Waals surface area contributed by atoms with Crippen LogP contribution in [-0.4, -0.2) is 35.6 Å². The lowest BCUT2D eigenvalue weighted by Crippen LogP contribution is -2.30. The minimum atomic E-state index is 0.149. The van der Waals surface area contributed by atoms with Gasteiger partial charge in [0, 0.05) is 25.3 Å². The molecule has 1 aromatic rings. The number of carbonyl (C=O) groups is 1. The Bertz CT molecular complexity index is 459. The van der Waals surface area contributed by atoms with Crippen molar-refractivity contribution in [2.75, 3.05) is 19.7 Å². The van der Waals surface area contributed by atoms with Crippen LogP contribution in [0.2, 0.25) is 0 Å². The smallest absolute Gasteiger partial charge is 0.254 e. The molecule has 1 saturated heterocycles. The van der Waals surface area contributed by atoms with E-state index in [9.17, 15) is 4.79 Å². The monoisotopic (exact) mass is 261 g/mol. The van der Waals surface area contributed by atoms with Crippen molar-refractivity contribution in [3.63, 3.8) is 0 Å². The van der Waals surface area contributed by atoms with Crippen LogP contribution in [0.25, 0.3) is 0 Å². The number of hydrogen-bond donors (Lipinski definition) is 1. The Morgan fingerprint density at radius 2 is 1.95 bits per heavy atom. The molecule has 1 aliphatic heterocycles. The molecule has 1 N–H and O–H groups in total. The van der Waals surface area contributed by atoms with Gasteiger partial charge in [0.15, 0.2) is 0 Å². The first-order valence-corrected chi connectivity index (χ1v) is 7.01. The van der Waals surface area contributed by atoms with Gasteiger partial charge in [-0.2, -0.15) is 0 Å². The Hall–Kier alpha value is -1.35. The molecular formula is C16H23NO2. The number of rotatable bonds is 3. The second kappa shape index (κ2) is 5.74. The first-order chi connectivity index (χ1) is 9.02. The summed E-state index contributed by atoms with van der Waals surface area (Å²) < 4.78 is 0. The molecule has 1 aliphatic rings. The van der Waals surface area contributed by atoms with Crippen LogP contribution in [0, 0.1) is 26.7 Å². The van der Waals surface area contributed by atoms with Gasteiger partial charge in [-0.15, -0.1) is 0 Å². The number of aryl methyl sites for hydroxylation is 3. The summed E-state index contributed by atoms with van der Waals surface area (Å²) in [4.78, 5) is 14.5. The first kappa shape index (κ1) is 14.1. The average molecular weight is 261 g/mol. The minimum Gasteiger partial charge on any atom is -0.396 e. The van der Waals surface area contributed by atoms with E-state index in [0.29, 0.717) is 5.92 Å². The molecule has 1 heterocycles. The van der Waals surface area contributed by atoms with E-state index in [1.807, 2.05) is 18.7 Å². The van der Waals surface area contributed by atoms with E-state index < -0.39 is 0 Å². The van der Waals surface area contributed by atoms with Gasteiger partial charge in [-0.05, 0) is 50.7 Å². The summed E-state index contributed by atoms with van der Waals surface area (Å²) in [6, 6.07) is 4.14. The zero-order valence-corrected chi connectivity index (χ0v) is 12.1. The molecule has 1 unspecified atom stereocenters. The van der Waals surface area contributed by atoms with Gasteiger partial charge in [-0.1, -0.05) is 17.7 Å². The van der Waals surface area contributed by atoms with E-state index >= 15 is 0 Å². The molecule has 0 bridgehead atoms. The molecule has 2 rings (SSSR count). The number of nitrogens with zero attached hydrogens (tertiary/aromatic N) is 1. The van der Waals surface area contributed by atoms with Crippen LogP contribution in [0.4, 0.5) is 0 Å². The maximum absolute atomic E-state index is 12.6. The van der Waals surface area contributed by atoms with Crippen molar-refractivity contribution in [3.8, 4) is 0 Å². The van der Waals surface area contributed by atoms with Crippen molar-refractivity contribution in [2.24, 2.45) is 5.92 Å². The summed E-state index contributed by atoms with van der Waals surface area (Å²) in [6.07, 6.45) is 1.81. The highest BCUT2D eigenvalue weighted by Crippen LogP contribution is 2.24. The van der Waals surface area contributed by atoms with Crippen molar-refractivity contribution in [1.29, 1.82) is 0 Å². The second-order valence-corrected chi connectivity index (χ2v) is 5.69. The molecule has 3 nitrogen and oxygen atoms in total. The minimum absolute atomic E-state index is 0.149. The van der Waals surface area contributed by atoms with Gasteiger partial charge >= 0.3 is 0 Å². The largest absolute Gasteiger partial charge is 0.396 e. The van der Waals surface area contributed by atoms with Crippen molar-refractivity contribution >= 4 is 5.91 Å². The zero-order chi connectivity index (χ0) is 14.0. The fourth-order valence-electron chi connectivity index (χ4n) is 3.11. The van der Waals surface area contributed by atoms with Gasteiger partial charge in [-0.25, -0.2) is 0 Å². The first-order valence-electron chi connectivity index (χ1n) is 7.01. The number of benzene rings is 1. The molecule has 0 aliphatic carbocycles. The number of hydrogen-bond acceptors (Lipinski definition) is 2. The third-order valence-electron chi connectivity index (χ3n) is 4.00. The third kappa shape index (κ3) is 2.98. The van der Waals surface area contributed by atoms with Crippen LogP contribution in [0.15, 0.2) is 12.1 Å². The van der Waals surface area contributed by atoms with E-state index in [4.69, 9.17) is 5.11 Å². The van der Waals surface area contributed by atoms with E-state index in [2.05, 4.69) is 19.1 Å². The van der Waals surface area contributed by atoms with Crippen molar-refractivity contribution < 1.29 is 9.90 Å². The molecule has 3 heteroatoms. The molecule has 0 spiro atoms. The lowest BCUT2D eigenvalue weighted by atomic mass is 9.99. The normalized spacial score (nSPS) is 18.9. The molecule has 104 valence electrons. The molecule has 19 heavy (non-hydrogen) atoms. The van der Waals surface area contributed by atoms with Gasteiger partial charge in [0.2, 0.25) is 0 Å². The molecule has 1 atom stereocenters. The quantitative estimate of drug-likeness (QED) is 0.908. The summed E-state index contributed by atoms with van der Waals surface area (Å²) in [7, 11) is 0. The number of amides is 1. The van der Waals surface area contributed by atoms with Crippen molar-refractivity contribution in [1.82, 2.24) is 4.90 Å². The van der Waals surface area contributed by atoms with Crippen LogP contribution in [-0.2, 0) is 0 Å². The summed E-state index contributed by atoms with van der Waals surface area (Å²) in [5.41, 5.74) is 4.18. The average Bonchev–Trinajstić information content (AvgIpc) is 2.76. The summed E-state index contributed by atoms with van der Waals surface area (Å²) >= 11 is 0. The third-order valence-corrected chi connectivity index (χ3v) is 4.00. The van der Waals surface area contributed by atoms with E-state index in [-0.39, 0.29) is 12.5 Å². The van der Waals surface area contributed by atoms with Crippen LogP contribution in [0.1, 0.15) is 39.9 Å². The lowest BCUT2D eigenvalue weighted by molar-refractivity contribution is 0.0783. The van der Waals surface area contributed by atoms with E-state index in [0.717, 1.165) is 42.6 Å². The SMILES string of the molecule is Cc1cc(C)c(C(=O)N2CCC(CCO)C2)c(C)c1. The van der Waals surface area contributed by atoms with Crippen LogP contribution in [0.5, 0.6) is 0 Å². The highest BCUT2D eigenvalue weighted by molar-refractivity contribution is 5.97. The molecule has 1 aromatic carbocycles. The van der Waals surface area contributed by atoms with Crippen LogP contribution >= 0.6 is 0 Å². The Labute approximate surface area is 115 Å². The topological polar surface area (TPSA) is 40.5 Å². The zero-order valence-electron chi connectivity index (χ0n) is 12.1. The summed E-state index contributed by atoms with van der Waals surface area (Å²) in [5, 5.41) is 8.98. The Kier molecular flexibility index (Phi) is 4.25. The van der Waals surface area contributed by atoms with E-state index in [1.54, 1.807) is 0 Å². The van der Waals surface area contributed by atoms with Gasteiger partial charge in [0.1, 0.15) is 0 Å². The lowest BCUT2D eigenvalue weighted by Gasteiger charge is -2.19. The Balaban J connectivity index is 2.17. The summed E-state index contributed by atoms with van der Waals surface area (Å²) in [5.74, 6) is 0.607. The van der Waals surface area contributed by atoms with Gasteiger partial charge in [0.25, 0.3) is 5.91 Å². The van der Waals surface area contributed by atoms with Crippen molar-refractivity contribution in [2.45, 2.75) is 33.6 Å². The number of aliphatic hydroxyl groups is 1. The van der Waals surface area contributed by atoms with Crippen LogP contribution in [0.3, 0.4) is 0 Å². The van der Waals surface area contributed by atoms with Gasteiger partial charge < -0.3 is 10.0 Å². The highest BCUT2D eigenvalue weighted by atomic mass is 16.3. The Morgan fingerprint density at radius 1 is 1.32 bits per heavy atom. The molecule has 0 radical (unpaired) electrons.